The standard InChI is InChI=1S/C27H29N5O3/c1-17-28-14-19(15-29-17)18-8-11-32(25(33)12-18)20-6-7-21-22-16-31(26(34)35-27(2,3)4)10-9-23(22)30(5)24(21)13-20/h6-8,11-15H,9-10,16H2,1-5H3. The summed E-state index contributed by atoms with van der Waals surface area (Å²) in [5.74, 6) is 0.690. The van der Waals surface area contributed by atoms with E-state index >= 15 is 0 Å². The number of fused-ring (bicyclic) bond motifs is 3. The number of carbonyl (C=O) groups is 1. The Morgan fingerprint density at radius 3 is 2.49 bits per heavy atom. The summed E-state index contributed by atoms with van der Waals surface area (Å²) < 4.78 is 9.39. The summed E-state index contributed by atoms with van der Waals surface area (Å²) in [6.07, 6.45) is 5.70. The Morgan fingerprint density at radius 2 is 1.80 bits per heavy atom. The van der Waals surface area contributed by atoms with Crippen LogP contribution in [0.2, 0.25) is 0 Å². The smallest absolute Gasteiger partial charge is 0.410 e. The van der Waals surface area contributed by atoms with Crippen LogP contribution in [0.4, 0.5) is 4.79 Å². The molecule has 4 aromatic rings. The lowest BCUT2D eigenvalue weighted by Crippen LogP contribution is -2.40. The molecule has 0 radical (unpaired) electrons. The van der Waals surface area contributed by atoms with E-state index in [1.54, 1.807) is 34.1 Å². The zero-order chi connectivity index (χ0) is 24.9. The third-order valence-corrected chi connectivity index (χ3v) is 6.35. The molecule has 35 heavy (non-hydrogen) atoms. The molecule has 0 saturated heterocycles. The summed E-state index contributed by atoms with van der Waals surface area (Å²) in [4.78, 5) is 35.8. The maximum atomic E-state index is 13.0. The molecule has 5 rings (SSSR count). The van der Waals surface area contributed by atoms with E-state index in [1.165, 1.54) is 5.69 Å². The number of aryl methyl sites for hydroxylation is 2. The van der Waals surface area contributed by atoms with Crippen molar-refractivity contribution in [3.63, 3.8) is 0 Å². The monoisotopic (exact) mass is 471 g/mol. The molecule has 1 aromatic carbocycles. The predicted molar refractivity (Wildman–Crippen MR) is 135 cm³/mol. The Bertz CT molecular complexity index is 1490. The molecule has 4 heterocycles. The molecule has 0 aliphatic carbocycles. The van der Waals surface area contributed by atoms with E-state index in [0.29, 0.717) is 18.9 Å². The van der Waals surface area contributed by atoms with Gasteiger partial charge in [0.25, 0.3) is 5.56 Å². The molecule has 0 spiro atoms. The van der Waals surface area contributed by atoms with Crippen LogP contribution in [-0.2, 0) is 24.8 Å². The highest BCUT2D eigenvalue weighted by atomic mass is 16.6. The predicted octanol–water partition coefficient (Wildman–Crippen LogP) is 4.39. The van der Waals surface area contributed by atoms with Crippen LogP contribution >= 0.6 is 0 Å². The van der Waals surface area contributed by atoms with Crippen molar-refractivity contribution < 1.29 is 9.53 Å². The summed E-state index contributed by atoms with van der Waals surface area (Å²) in [6.45, 7) is 8.58. The van der Waals surface area contributed by atoms with Gasteiger partial charge >= 0.3 is 6.09 Å². The first-order valence-electron chi connectivity index (χ1n) is 11.7. The number of amides is 1. The lowest BCUT2D eigenvalue weighted by atomic mass is 10.0. The van der Waals surface area contributed by atoms with Gasteiger partial charge in [0.15, 0.2) is 0 Å². The molecule has 8 nitrogen and oxygen atoms in total. The average molecular weight is 472 g/mol. The molecule has 0 unspecified atom stereocenters. The van der Waals surface area contributed by atoms with Crippen molar-refractivity contribution in [3.05, 3.63) is 76.4 Å². The van der Waals surface area contributed by atoms with E-state index in [1.807, 2.05) is 59.0 Å². The molecular weight excluding hydrogens is 442 g/mol. The highest BCUT2D eigenvalue weighted by molar-refractivity contribution is 5.88. The fourth-order valence-corrected chi connectivity index (χ4v) is 4.61. The molecule has 1 amide bonds. The van der Waals surface area contributed by atoms with Crippen LogP contribution < -0.4 is 5.56 Å². The Hall–Kier alpha value is -3.94. The minimum atomic E-state index is -0.527. The van der Waals surface area contributed by atoms with Gasteiger partial charge in [0.1, 0.15) is 11.4 Å². The summed E-state index contributed by atoms with van der Waals surface area (Å²) in [6, 6.07) is 9.52. The minimum Gasteiger partial charge on any atom is -0.444 e. The Labute approximate surface area is 203 Å². The number of nitrogens with zero attached hydrogens (tertiary/aromatic N) is 5. The highest BCUT2D eigenvalue weighted by Gasteiger charge is 2.29. The molecule has 0 bridgehead atoms. The van der Waals surface area contributed by atoms with Crippen LogP contribution in [0.25, 0.3) is 27.7 Å². The average Bonchev–Trinajstić information content (AvgIpc) is 3.09. The van der Waals surface area contributed by atoms with E-state index in [9.17, 15) is 9.59 Å². The van der Waals surface area contributed by atoms with Crippen LogP contribution in [0.3, 0.4) is 0 Å². The van der Waals surface area contributed by atoms with Gasteiger partial charge in [-0.3, -0.25) is 9.36 Å². The van der Waals surface area contributed by atoms with Gasteiger partial charge in [0.05, 0.1) is 17.7 Å². The third kappa shape index (κ3) is 4.32. The normalized spacial score (nSPS) is 13.7. The van der Waals surface area contributed by atoms with Crippen molar-refractivity contribution in [2.75, 3.05) is 6.54 Å². The Kier molecular flexibility index (Phi) is 5.46. The third-order valence-electron chi connectivity index (χ3n) is 6.35. The number of pyridine rings is 1. The number of carbonyl (C=O) groups excluding carboxylic acids is 1. The fraction of sp³-hybridized carbons (Fsp3) is 0.333. The number of rotatable bonds is 2. The zero-order valence-corrected chi connectivity index (χ0v) is 20.7. The van der Waals surface area contributed by atoms with Gasteiger partial charge in [0.2, 0.25) is 0 Å². The maximum Gasteiger partial charge on any atom is 0.410 e. The Balaban J connectivity index is 1.48. The van der Waals surface area contributed by atoms with Crippen LogP contribution in [0.1, 0.15) is 37.9 Å². The maximum absolute atomic E-state index is 13.0. The molecule has 0 saturated carbocycles. The number of hydrogen-bond donors (Lipinski definition) is 0. The van der Waals surface area contributed by atoms with Gasteiger partial charge in [-0.1, -0.05) is 6.07 Å². The van der Waals surface area contributed by atoms with Crippen molar-refractivity contribution in [2.24, 2.45) is 7.05 Å². The summed E-state index contributed by atoms with van der Waals surface area (Å²) in [7, 11) is 2.04. The summed E-state index contributed by atoms with van der Waals surface area (Å²) in [5.41, 5.74) is 5.09. The van der Waals surface area contributed by atoms with Crippen LogP contribution in [-0.4, -0.2) is 42.2 Å². The van der Waals surface area contributed by atoms with Gasteiger partial charge < -0.3 is 14.2 Å². The lowest BCUT2D eigenvalue weighted by molar-refractivity contribution is 0.0223. The van der Waals surface area contributed by atoms with Crippen molar-refractivity contribution in [1.29, 1.82) is 0 Å². The second-order valence-electron chi connectivity index (χ2n) is 9.98. The van der Waals surface area contributed by atoms with Crippen molar-refractivity contribution in [1.82, 2.24) is 24.0 Å². The van der Waals surface area contributed by atoms with Gasteiger partial charge in [-0.25, -0.2) is 14.8 Å². The SMILES string of the molecule is Cc1ncc(-c2ccn(-c3ccc4c5c(n(C)c4c3)CCN(C(=O)OC(C)(C)C)C5)c(=O)c2)cn1. The first-order valence-corrected chi connectivity index (χ1v) is 11.7. The molecule has 1 aliphatic rings. The summed E-state index contributed by atoms with van der Waals surface area (Å²) in [5, 5.41) is 1.08. The van der Waals surface area contributed by atoms with Crippen molar-refractivity contribution >= 4 is 17.0 Å². The first kappa shape index (κ1) is 22.8. The topological polar surface area (TPSA) is 82.3 Å². The summed E-state index contributed by atoms with van der Waals surface area (Å²) >= 11 is 0. The molecule has 1 aliphatic heterocycles. The van der Waals surface area contributed by atoms with Gasteiger partial charge in [0, 0.05) is 66.9 Å². The quantitative estimate of drug-likeness (QED) is 0.433. The molecule has 0 atom stereocenters. The van der Waals surface area contributed by atoms with Gasteiger partial charge in [-0.2, -0.15) is 0 Å². The molecule has 0 N–H and O–H groups in total. The number of aromatic nitrogens is 4. The van der Waals surface area contributed by atoms with Crippen LogP contribution in [0, 0.1) is 6.92 Å². The number of hydrogen-bond acceptors (Lipinski definition) is 5. The van der Waals surface area contributed by atoms with E-state index in [-0.39, 0.29) is 11.7 Å². The molecule has 3 aromatic heterocycles. The highest BCUT2D eigenvalue weighted by Crippen LogP contribution is 2.32. The van der Waals surface area contributed by atoms with Gasteiger partial charge in [-0.05, 0) is 51.5 Å². The lowest BCUT2D eigenvalue weighted by Gasteiger charge is -2.30. The van der Waals surface area contributed by atoms with Crippen molar-refractivity contribution in [3.8, 4) is 16.8 Å². The number of ether oxygens (including phenoxy) is 1. The zero-order valence-electron chi connectivity index (χ0n) is 20.7. The largest absolute Gasteiger partial charge is 0.444 e. The number of benzene rings is 1. The van der Waals surface area contributed by atoms with E-state index in [2.05, 4.69) is 14.5 Å². The molecule has 0 fully saturated rings. The van der Waals surface area contributed by atoms with E-state index in [4.69, 9.17) is 4.74 Å². The first-order chi connectivity index (χ1) is 16.6. The Morgan fingerprint density at radius 1 is 1.06 bits per heavy atom. The van der Waals surface area contributed by atoms with E-state index < -0.39 is 5.60 Å². The van der Waals surface area contributed by atoms with Crippen LogP contribution in [0.15, 0.2) is 53.7 Å². The minimum absolute atomic E-state index is 0.127. The van der Waals surface area contributed by atoms with E-state index in [0.717, 1.165) is 39.7 Å². The van der Waals surface area contributed by atoms with Crippen molar-refractivity contribution in [2.45, 2.75) is 46.3 Å². The molecular formula is C27H29N5O3. The molecule has 180 valence electrons. The fourth-order valence-electron chi connectivity index (χ4n) is 4.61. The second-order valence-corrected chi connectivity index (χ2v) is 9.98. The second kappa shape index (κ2) is 8.37. The molecule has 8 heteroatoms. The van der Waals surface area contributed by atoms with Gasteiger partial charge in [-0.15, -0.1) is 0 Å². The van der Waals surface area contributed by atoms with Crippen LogP contribution in [0.5, 0.6) is 0 Å².